The van der Waals surface area contributed by atoms with Crippen LogP contribution in [0.1, 0.15) is 45.4 Å². The van der Waals surface area contributed by atoms with E-state index in [0.717, 1.165) is 5.92 Å². The van der Waals surface area contributed by atoms with E-state index in [9.17, 15) is 0 Å². The van der Waals surface area contributed by atoms with Crippen LogP contribution in [0.15, 0.2) is 12.2 Å². The molecule has 1 atom stereocenters. The molecule has 0 spiro atoms. The van der Waals surface area contributed by atoms with E-state index in [1.54, 1.807) is 0 Å². The van der Waals surface area contributed by atoms with E-state index in [2.05, 4.69) is 13.5 Å². The molecule has 0 heteroatoms. The summed E-state index contributed by atoms with van der Waals surface area (Å²) in [5.74, 6) is 0.978. The number of hydrogen-bond acceptors (Lipinski definition) is 0. The highest BCUT2D eigenvalue weighted by molar-refractivity contribution is 4.98. The molecule has 10 heavy (non-hydrogen) atoms. The summed E-state index contributed by atoms with van der Waals surface area (Å²) in [5.41, 5.74) is 1.49. The lowest BCUT2D eigenvalue weighted by molar-refractivity contribution is 0.390. The van der Waals surface area contributed by atoms with Crippen LogP contribution >= 0.6 is 0 Å². The Hall–Kier alpha value is -0.260. The Morgan fingerprint density at radius 2 is 2.40 bits per heavy atom. The molecule has 1 rings (SSSR count). The average Bonchev–Trinajstić information content (AvgIpc) is 1.88. The first-order valence-electron chi connectivity index (χ1n) is 4.49. The van der Waals surface area contributed by atoms with Gasteiger partial charge in [0.2, 0.25) is 0 Å². The Labute approximate surface area is 64.3 Å². The standard InChI is InChI=1S/C10H18/c1-3-5-10-7-4-6-9(2)8-10/h10H,2-8H2,1H3. The van der Waals surface area contributed by atoms with Crippen LogP contribution in [-0.2, 0) is 0 Å². The van der Waals surface area contributed by atoms with Gasteiger partial charge in [0, 0.05) is 0 Å². The zero-order chi connectivity index (χ0) is 7.40. The fraction of sp³-hybridized carbons (Fsp3) is 0.800. The minimum Gasteiger partial charge on any atom is -0.0999 e. The van der Waals surface area contributed by atoms with Crippen molar-refractivity contribution < 1.29 is 0 Å². The van der Waals surface area contributed by atoms with Crippen molar-refractivity contribution in [2.24, 2.45) is 5.92 Å². The molecule has 0 saturated heterocycles. The van der Waals surface area contributed by atoms with Crippen LogP contribution in [0.2, 0.25) is 0 Å². The van der Waals surface area contributed by atoms with Crippen LogP contribution < -0.4 is 0 Å². The van der Waals surface area contributed by atoms with Crippen molar-refractivity contribution in [1.29, 1.82) is 0 Å². The quantitative estimate of drug-likeness (QED) is 0.512. The van der Waals surface area contributed by atoms with E-state index in [-0.39, 0.29) is 0 Å². The predicted octanol–water partition coefficient (Wildman–Crippen LogP) is 3.53. The molecule has 0 bridgehead atoms. The third-order valence-electron chi connectivity index (χ3n) is 2.42. The summed E-state index contributed by atoms with van der Waals surface area (Å²) in [7, 11) is 0. The van der Waals surface area contributed by atoms with Crippen LogP contribution in [0.3, 0.4) is 0 Å². The molecule has 0 aromatic carbocycles. The maximum Gasteiger partial charge on any atom is -0.0294 e. The van der Waals surface area contributed by atoms with Crippen LogP contribution in [0.25, 0.3) is 0 Å². The van der Waals surface area contributed by atoms with Gasteiger partial charge in [0.25, 0.3) is 0 Å². The lowest BCUT2D eigenvalue weighted by Crippen LogP contribution is -2.07. The fourth-order valence-corrected chi connectivity index (χ4v) is 1.91. The molecule has 0 amide bonds. The molecule has 0 aliphatic heterocycles. The SMILES string of the molecule is C=C1CCCC(CCC)C1. The summed E-state index contributed by atoms with van der Waals surface area (Å²) in [4.78, 5) is 0. The molecule has 1 saturated carbocycles. The monoisotopic (exact) mass is 138 g/mol. The van der Waals surface area contributed by atoms with Crippen LogP contribution in [0, 0.1) is 5.92 Å². The van der Waals surface area contributed by atoms with Crippen LogP contribution in [0.4, 0.5) is 0 Å². The summed E-state index contributed by atoms with van der Waals surface area (Å²) >= 11 is 0. The van der Waals surface area contributed by atoms with E-state index < -0.39 is 0 Å². The van der Waals surface area contributed by atoms with Crippen molar-refractivity contribution in [3.05, 3.63) is 12.2 Å². The van der Waals surface area contributed by atoms with Gasteiger partial charge in [-0.25, -0.2) is 0 Å². The third-order valence-corrected chi connectivity index (χ3v) is 2.42. The van der Waals surface area contributed by atoms with Gasteiger partial charge in [0.1, 0.15) is 0 Å². The maximum atomic E-state index is 4.05. The molecule has 0 radical (unpaired) electrons. The zero-order valence-corrected chi connectivity index (χ0v) is 7.03. The summed E-state index contributed by atoms with van der Waals surface area (Å²) < 4.78 is 0. The summed E-state index contributed by atoms with van der Waals surface area (Å²) in [6.07, 6.45) is 8.21. The Kier molecular flexibility index (Phi) is 2.98. The Morgan fingerprint density at radius 1 is 1.60 bits per heavy atom. The highest BCUT2D eigenvalue weighted by Crippen LogP contribution is 2.29. The van der Waals surface area contributed by atoms with E-state index in [1.165, 1.54) is 44.1 Å². The van der Waals surface area contributed by atoms with Gasteiger partial charge in [-0.15, -0.1) is 0 Å². The van der Waals surface area contributed by atoms with E-state index >= 15 is 0 Å². The summed E-state index contributed by atoms with van der Waals surface area (Å²) in [5, 5.41) is 0. The van der Waals surface area contributed by atoms with Crippen LogP contribution in [-0.4, -0.2) is 0 Å². The minimum absolute atomic E-state index is 0.978. The molecular weight excluding hydrogens is 120 g/mol. The number of rotatable bonds is 2. The molecule has 0 aromatic rings. The molecule has 1 aliphatic rings. The van der Waals surface area contributed by atoms with Gasteiger partial charge in [-0.3, -0.25) is 0 Å². The van der Waals surface area contributed by atoms with Gasteiger partial charge >= 0.3 is 0 Å². The largest absolute Gasteiger partial charge is 0.0999 e. The molecule has 0 N–H and O–H groups in total. The Balaban J connectivity index is 2.25. The van der Waals surface area contributed by atoms with Crippen molar-refractivity contribution in [3.8, 4) is 0 Å². The fourth-order valence-electron chi connectivity index (χ4n) is 1.91. The number of allylic oxidation sites excluding steroid dienone is 1. The second kappa shape index (κ2) is 3.80. The number of hydrogen-bond donors (Lipinski definition) is 0. The molecule has 0 heterocycles. The smallest absolute Gasteiger partial charge is 0.0294 e. The van der Waals surface area contributed by atoms with Gasteiger partial charge in [-0.05, 0) is 31.6 Å². The molecule has 1 unspecified atom stereocenters. The minimum atomic E-state index is 0.978. The lowest BCUT2D eigenvalue weighted by Gasteiger charge is -2.22. The molecular formula is C10H18. The highest BCUT2D eigenvalue weighted by atomic mass is 14.2. The first-order valence-corrected chi connectivity index (χ1v) is 4.49. The van der Waals surface area contributed by atoms with Crippen molar-refractivity contribution >= 4 is 0 Å². The summed E-state index contributed by atoms with van der Waals surface area (Å²) in [6.45, 7) is 6.32. The Morgan fingerprint density at radius 3 is 3.00 bits per heavy atom. The van der Waals surface area contributed by atoms with Crippen molar-refractivity contribution in [1.82, 2.24) is 0 Å². The molecule has 0 nitrogen and oxygen atoms in total. The predicted molar refractivity (Wildman–Crippen MR) is 46.0 cm³/mol. The zero-order valence-electron chi connectivity index (χ0n) is 7.03. The van der Waals surface area contributed by atoms with Crippen LogP contribution in [0.5, 0.6) is 0 Å². The Bertz CT molecular complexity index is 111. The topological polar surface area (TPSA) is 0 Å². The average molecular weight is 138 g/mol. The van der Waals surface area contributed by atoms with Gasteiger partial charge in [-0.2, -0.15) is 0 Å². The van der Waals surface area contributed by atoms with Crippen molar-refractivity contribution in [3.63, 3.8) is 0 Å². The first kappa shape index (κ1) is 7.84. The molecule has 1 fully saturated rings. The van der Waals surface area contributed by atoms with E-state index in [0.29, 0.717) is 0 Å². The third kappa shape index (κ3) is 2.17. The van der Waals surface area contributed by atoms with E-state index in [4.69, 9.17) is 0 Å². The second-order valence-electron chi connectivity index (χ2n) is 3.50. The first-order chi connectivity index (χ1) is 4.83. The van der Waals surface area contributed by atoms with Gasteiger partial charge in [-0.1, -0.05) is 31.9 Å². The lowest BCUT2D eigenvalue weighted by atomic mass is 9.84. The van der Waals surface area contributed by atoms with Gasteiger partial charge in [0.15, 0.2) is 0 Å². The molecule has 58 valence electrons. The van der Waals surface area contributed by atoms with Gasteiger partial charge < -0.3 is 0 Å². The van der Waals surface area contributed by atoms with Crippen molar-refractivity contribution in [2.45, 2.75) is 45.4 Å². The maximum absolute atomic E-state index is 4.05. The molecule has 0 aromatic heterocycles. The summed E-state index contributed by atoms with van der Waals surface area (Å²) in [6, 6.07) is 0. The molecule has 1 aliphatic carbocycles. The van der Waals surface area contributed by atoms with Gasteiger partial charge in [0.05, 0.1) is 0 Å². The highest BCUT2D eigenvalue weighted by Gasteiger charge is 2.13. The second-order valence-corrected chi connectivity index (χ2v) is 3.50. The van der Waals surface area contributed by atoms with Crippen molar-refractivity contribution in [2.75, 3.05) is 0 Å². The normalized spacial score (nSPS) is 26.9. The van der Waals surface area contributed by atoms with E-state index in [1.807, 2.05) is 0 Å².